The van der Waals surface area contributed by atoms with E-state index in [4.69, 9.17) is 16.6 Å². The Morgan fingerprint density at radius 1 is 1.00 bits per heavy atom. The second-order valence-corrected chi connectivity index (χ2v) is 7.38. The molecule has 0 saturated carbocycles. The molecule has 4 rings (SSSR count). The third-order valence-corrected chi connectivity index (χ3v) is 5.36. The number of nitrogens with one attached hydrogen (secondary N) is 1. The van der Waals surface area contributed by atoms with Gasteiger partial charge in [0.1, 0.15) is 12.4 Å². The highest BCUT2D eigenvalue weighted by atomic mass is 35.5. The second kappa shape index (κ2) is 8.50. The van der Waals surface area contributed by atoms with Gasteiger partial charge in [0.15, 0.2) is 0 Å². The predicted octanol–water partition coefficient (Wildman–Crippen LogP) is 5.48. The van der Waals surface area contributed by atoms with Crippen LogP contribution >= 0.6 is 11.6 Å². The van der Waals surface area contributed by atoms with Crippen LogP contribution in [0.2, 0.25) is 5.02 Å². The number of aromatic nitrogens is 2. The average molecular weight is 404 g/mol. The Morgan fingerprint density at radius 2 is 1.72 bits per heavy atom. The maximum atomic E-state index is 12.8. The maximum Gasteiger partial charge on any atom is 0.244 e. The van der Waals surface area contributed by atoms with E-state index in [0.717, 1.165) is 34.5 Å². The molecule has 146 valence electrons. The van der Waals surface area contributed by atoms with Crippen LogP contribution in [0.15, 0.2) is 72.8 Å². The van der Waals surface area contributed by atoms with E-state index >= 15 is 0 Å². The number of fused-ring (bicyclic) bond motifs is 1. The number of aryl methyl sites for hydroxylation is 1. The Balaban J connectivity index is 1.61. The van der Waals surface area contributed by atoms with Crippen molar-refractivity contribution in [3.05, 3.63) is 94.8 Å². The highest BCUT2D eigenvalue weighted by molar-refractivity contribution is 6.31. The van der Waals surface area contributed by atoms with Gasteiger partial charge in [-0.3, -0.25) is 4.79 Å². The topological polar surface area (TPSA) is 46.9 Å². The molecule has 1 N–H and O–H groups in total. The van der Waals surface area contributed by atoms with Crippen LogP contribution in [-0.4, -0.2) is 15.5 Å². The van der Waals surface area contributed by atoms with Crippen LogP contribution in [0.4, 0.5) is 5.69 Å². The van der Waals surface area contributed by atoms with Crippen LogP contribution in [0, 0.1) is 0 Å². The van der Waals surface area contributed by atoms with Gasteiger partial charge in [-0.25, -0.2) is 4.98 Å². The third-order valence-electron chi connectivity index (χ3n) is 4.99. The molecule has 0 radical (unpaired) electrons. The first-order valence-corrected chi connectivity index (χ1v) is 10.1. The minimum atomic E-state index is -0.0854. The molecular formula is C24H22ClN3O. The van der Waals surface area contributed by atoms with E-state index in [-0.39, 0.29) is 12.5 Å². The number of amides is 1. The highest BCUT2D eigenvalue weighted by Gasteiger charge is 2.15. The fourth-order valence-electron chi connectivity index (χ4n) is 3.42. The molecule has 0 aliphatic carbocycles. The number of imidazole rings is 1. The minimum Gasteiger partial charge on any atom is -0.325 e. The summed E-state index contributed by atoms with van der Waals surface area (Å²) in [5, 5.41) is 3.69. The summed E-state index contributed by atoms with van der Waals surface area (Å²) in [7, 11) is 0. The second-order valence-electron chi connectivity index (χ2n) is 6.97. The summed E-state index contributed by atoms with van der Waals surface area (Å²) < 4.78 is 1.97. The quantitative estimate of drug-likeness (QED) is 0.463. The molecule has 0 saturated heterocycles. The fourth-order valence-corrected chi connectivity index (χ4v) is 3.62. The summed E-state index contributed by atoms with van der Waals surface area (Å²) in [6.07, 6.45) is 1.54. The average Bonchev–Trinajstić information content (AvgIpc) is 3.07. The zero-order chi connectivity index (χ0) is 20.2. The third kappa shape index (κ3) is 4.33. The molecule has 0 fully saturated rings. The lowest BCUT2D eigenvalue weighted by Crippen LogP contribution is -2.20. The van der Waals surface area contributed by atoms with Gasteiger partial charge >= 0.3 is 0 Å². The number of rotatable bonds is 6. The Morgan fingerprint density at radius 3 is 2.48 bits per heavy atom. The van der Waals surface area contributed by atoms with Gasteiger partial charge in [0.25, 0.3) is 0 Å². The minimum absolute atomic E-state index is 0.0854. The van der Waals surface area contributed by atoms with Crippen molar-refractivity contribution in [2.75, 3.05) is 5.32 Å². The van der Waals surface area contributed by atoms with Crippen LogP contribution in [0.1, 0.15) is 23.9 Å². The van der Waals surface area contributed by atoms with E-state index in [1.807, 2.05) is 77.4 Å². The lowest BCUT2D eigenvalue weighted by molar-refractivity contribution is -0.116. The highest BCUT2D eigenvalue weighted by Crippen LogP contribution is 2.22. The van der Waals surface area contributed by atoms with Crippen molar-refractivity contribution in [1.29, 1.82) is 0 Å². The van der Waals surface area contributed by atoms with Crippen LogP contribution < -0.4 is 5.32 Å². The van der Waals surface area contributed by atoms with Gasteiger partial charge in [0.05, 0.1) is 11.0 Å². The van der Waals surface area contributed by atoms with Crippen molar-refractivity contribution < 1.29 is 4.79 Å². The van der Waals surface area contributed by atoms with Crippen LogP contribution in [-0.2, 0) is 24.2 Å². The predicted molar refractivity (Wildman–Crippen MR) is 118 cm³/mol. The van der Waals surface area contributed by atoms with Gasteiger partial charge in [-0.2, -0.15) is 0 Å². The number of nitrogens with zero attached hydrogens (tertiary/aromatic N) is 2. The van der Waals surface area contributed by atoms with E-state index < -0.39 is 0 Å². The number of hydrogen-bond donors (Lipinski definition) is 1. The number of halogens is 1. The van der Waals surface area contributed by atoms with Gasteiger partial charge in [0.2, 0.25) is 5.91 Å². The Hall–Kier alpha value is -3.11. The van der Waals surface area contributed by atoms with Gasteiger partial charge in [0, 0.05) is 17.1 Å². The van der Waals surface area contributed by atoms with Crippen molar-refractivity contribution in [3.63, 3.8) is 0 Å². The summed E-state index contributed by atoms with van der Waals surface area (Å²) in [6, 6.07) is 23.5. The smallest absolute Gasteiger partial charge is 0.244 e. The van der Waals surface area contributed by atoms with Crippen LogP contribution in [0.25, 0.3) is 11.0 Å². The van der Waals surface area contributed by atoms with Gasteiger partial charge in [-0.05, 0) is 47.9 Å². The van der Waals surface area contributed by atoms with E-state index in [0.29, 0.717) is 11.4 Å². The number of para-hydroxylation sites is 2. The Bertz CT molecular complexity index is 1150. The molecule has 1 amide bonds. The molecule has 1 aromatic heterocycles. The first-order valence-electron chi connectivity index (χ1n) is 9.70. The SMILES string of the molecule is CCc1ccc(NC(=O)Cn2c(Cc3ccccc3Cl)nc3ccccc32)cc1. The van der Waals surface area contributed by atoms with E-state index in [2.05, 4.69) is 12.2 Å². The Labute approximate surface area is 175 Å². The van der Waals surface area contributed by atoms with Crippen molar-refractivity contribution in [2.24, 2.45) is 0 Å². The van der Waals surface area contributed by atoms with E-state index in [1.54, 1.807) is 0 Å². The molecule has 0 aliphatic heterocycles. The first-order chi connectivity index (χ1) is 14.1. The number of hydrogen-bond acceptors (Lipinski definition) is 2. The van der Waals surface area contributed by atoms with Crippen molar-refractivity contribution in [1.82, 2.24) is 9.55 Å². The van der Waals surface area contributed by atoms with Crippen molar-refractivity contribution >= 4 is 34.2 Å². The summed E-state index contributed by atoms with van der Waals surface area (Å²) in [6.45, 7) is 2.30. The zero-order valence-corrected chi connectivity index (χ0v) is 17.0. The summed E-state index contributed by atoms with van der Waals surface area (Å²) >= 11 is 6.35. The normalized spacial score (nSPS) is 11.0. The summed E-state index contributed by atoms with van der Waals surface area (Å²) in [5.74, 6) is 0.730. The molecular weight excluding hydrogens is 382 g/mol. The Kier molecular flexibility index (Phi) is 5.63. The lowest BCUT2D eigenvalue weighted by atomic mass is 10.1. The molecule has 0 spiro atoms. The number of anilines is 1. The number of carbonyl (C=O) groups is 1. The molecule has 3 aromatic carbocycles. The molecule has 0 atom stereocenters. The van der Waals surface area contributed by atoms with Crippen molar-refractivity contribution in [3.8, 4) is 0 Å². The molecule has 0 aliphatic rings. The molecule has 29 heavy (non-hydrogen) atoms. The summed E-state index contributed by atoms with van der Waals surface area (Å²) in [4.78, 5) is 17.5. The largest absolute Gasteiger partial charge is 0.325 e. The molecule has 0 bridgehead atoms. The van der Waals surface area contributed by atoms with Crippen molar-refractivity contribution in [2.45, 2.75) is 26.3 Å². The monoisotopic (exact) mass is 403 g/mol. The lowest BCUT2D eigenvalue weighted by Gasteiger charge is -2.11. The van der Waals surface area contributed by atoms with E-state index in [1.165, 1.54) is 5.56 Å². The standard InChI is InChI=1S/C24H22ClN3O/c1-2-17-11-13-19(14-12-17)26-24(29)16-28-22-10-6-5-9-21(22)27-23(28)15-18-7-3-4-8-20(18)25/h3-14H,2,15-16H2,1H3,(H,26,29). The number of carbonyl (C=O) groups excluding carboxylic acids is 1. The molecule has 0 unspecified atom stereocenters. The zero-order valence-electron chi connectivity index (χ0n) is 16.2. The van der Waals surface area contributed by atoms with Gasteiger partial charge in [-0.1, -0.05) is 61.0 Å². The first kappa shape index (κ1) is 19.2. The van der Waals surface area contributed by atoms with Gasteiger partial charge < -0.3 is 9.88 Å². The molecule has 5 heteroatoms. The molecule has 4 nitrogen and oxygen atoms in total. The van der Waals surface area contributed by atoms with E-state index in [9.17, 15) is 4.79 Å². The molecule has 1 heterocycles. The fraction of sp³-hybridized carbons (Fsp3) is 0.167. The van der Waals surface area contributed by atoms with Crippen LogP contribution in [0.3, 0.4) is 0 Å². The molecule has 4 aromatic rings. The summed E-state index contributed by atoms with van der Waals surface area (Å²) in [5.41, 5.74) is 4.83. The maximum absolute atomic E-state index is 12.8. The van der Waals surface area contributed by atoms with Gasteiger partial charge in [-0.15, -0.1) is 0 Å². The van der Waals surface area contributed by atoms with Crippen LogP contribution in [0.5, 0.6) is 0 Å². The number of benzene rings is 3.